The molecule has 1 rings (SSSR count). The zero-order valence-electron chi connectivity index (χ0n) is 4.63. The zero-order chi connectivity index (χ0) is 5.98. The quantitative estimate of drug-likeness (QED) is 0.530. The molecule has 1 aromatic rings. The fourth-order valence-electron chi connectivity index (χ4n) is 0.534. The van der Waals surface area contributed by atoms with E-state index >= 15 is 0 Å². The fourth-order valence-corrected chi connectivity index (χ4v) is 0.534. The van der Waals surface area contributed by atoms with Gasteiger partial charge in [0, 0.05) is 13.2 Å². The van der Waals surface area contributed by atoms with E-state index in [1.54, 1.807) is 24.0 Å². The number of hydrogen-bond donors (Lipinski definition) is 0. The van der Waals surface area contributed by atoms with E-state index in [1.165, 1.54) is 0 Å². The van der Waals surface area contributed by atoms with E-state index in [2.05, 4.69) is 5.10 Å². The molecule has 44 valence electrons. The molecule has 0 saturated heterocycles. The molecule has 0 aromatic carbocycles. The highest BCUT2D eigenvalue weighted by Gasteiger charge is 1.90. The van der Waals surface area contributed by atoms with Gasteiger partial charge >= 0.3 is 0 Å². The van der Waals surface area contributed by atoms with Gasteiger partial charge in [0.1, 0.15) is 6.67 Å². The highest BCUT2D eigenvalue weighted by Crippen LogP contribution is 1.94. The molecule has 0 atom stereocenters. The first-order valence-corrected chi connectivity index (χ1v) is 2.37. The summed E-state index contributed by atoms with van der Waals surface area (Å²) in [5.41, 5.74) is 0.493. The summed E-state index contributed by atoms with van der Waals surface area (Å²) in [6.07, 6.45) is 1.72. The maximum absolute atomic E-state index is 11.7. The highest BCUT2D eigenvalue weighted by molar-refractivity contribution is 4.95. The van der Waals surface area contributed by atoms with Gasteiger partial charge in [-0.15, -0.1) is 0 Å². The monoisotopic (exact) mass is 114 g/mol. The summed E-state index contributed by atoms with van der Waals surface area (Å²) >= 11 is 0. The second kappa shape index (κ2) is 1.94. The second-order valence-corrected chi connectivity index (χ2v) is 1.61. The molecule has 0 radical (unpaired) electrons. The Morgan fingerprint density at radius 1 is 1.88 bits per heavy atom. The van der Waals surface area contributed by atoms with E-state index in [0.717, 1.165) is 0 Å². The van der Waals surface area contributed by atoms with E-state index < -0.39 is 6.67 Å². The topological polar surface area (TPSA) is 17.8 Å². The van der Waals surface area contributed by atoms with Crippen molar-refractivity contribution in [3.8, 4) is 0 Å². The Bertz CT molecular complexity index is 171. The predicted octanol–water partition coefficient (Wildman–Crippen LogP) is 0.890. The van der Waals surface area contributed by atoms with E-state index in [1.807, 2.05) is 0 Å². The second-order valence-electron chi connectivity index (χ2n) is 1.61. The van der Waals surface area contributed by atoms with Crippen LogP contribution in [0.5, 0.6) is 0 Å². The number of aromatic nitrogens is 2. The molecule has 0 amide bonds. The summed E-state index contributed by atoms with van der Waals surface area (Å²) in [7, 11) is 1.76. The van der Waals surface area contributed by atoms with E-state index in [4.69, 9.17) is 0 Å². The number of nitrogens with zero attached hydrogens (tertiary/aromatic N) is 2. The SMILES string of the molecule is Cn1ccc(CF)n1. The average Bonchev–Trinajstić information content (AvgIpc) is 2.14. The Morgan fingerprint density at radius 3 is 2.88 bits per heavy atom. The molecular formula is C5H7FN2. The third-order valence-electron chi connectivity index (χ3n) is 0.906. The Balaban J connectivity index is 2.84. The van der Waals surface area contributed by atoms with Gasteiger partial charge in [-0.05, 0) is 6.07 Å². The van der Waals surface area contributed by atoms with Crippen molar-refractivity contribution in [2.75, 3.05) is 0 Å². The van der Waals surface area contributed by atoms with Crippen LogP contribution in [0, 0.1) is 0 Å². The molecule has 0 spiro atoms. The first kappa shape index (κ1) is 5.28. The molecule has 8 heavy (non-hydrogen) atoms. The highest BCUT2D eigenvalue weighted by atomic mass is 19.1. The van der Waals surface area contributed by atoms with Crippen LogP contribution in [-0.4, -0.2) is 9.78 Å². The van der Waals surface area contributed by atoms with Crippen molar-refractivity contribution in [2.24, 2.45) is 7.05 Å². The van der Waals surface area contributed by atoms with Gasteiger partial charge in [0.2, 0.25) is 0 Å². The molecule has 1 aromatic heterocycles. The number of hydrogen-bond acceptors (Lipinski definition) is 1. The van der Waals surface area contributed by atoms with Gasteiger partial charge in [-0.25, -0.2) is 4.39 Å². The van der Waals surface area contributed by atoms with Crippen LogP contribution in [-0.2, 0) is 13.7 Å². The molecule has 0 bridgehead atoms. The minimum absolute atomic E-state index is 0.471. The minimum Gasteiger partial charge on any atom is -0.275 e. The maximum Gasteiger partial charge on any atom is 0.133 e. The van der Waals surface area contributed by atoms with Gasteiger partial charge < -0.3 is 0 Å². The van der Waals surface area contributed by atoms with Crippen LogP contribution in [0.2, 0.25) is 0 Å². The molecule has 2 nitrogen and oxygen atoms in total. The molecule has 0 unspecified atom stereocenters. The number of halogens is 1. The molecule has 0 saturated carbocycles. The van der Waals surface area contributed by atoms with Crippen LogP contribution in [0.1, 0.15) is 5.69 Å². The van der Waals surface area contributed by atoms with Crippen molar-refractivity contribution in [3.63, 3.8) is 0 Å². The fraction of sp³-hybridized carbons (Fsp3) is 0.400. The van der Waals surface area contributed by atoms with Crippen LogP contribution in [0.4, 0.5) is 4.39 Å². The normalized spacial score (nSPS) is 9.75. The standard InChI is InChI=1S/C5H7FN2/c1-8-3-2-5(4-6)7-8/h2-3H,4H2,1H3. The molecule has 0 aliphatic carbocycles. The van der Waals surface area contributed by atoms with Crippen LogP contribution < -0.4 is 0 Å². The maximum atomic E-state index is 11.7. The Labute approximate surface area is 46.9 Å². The zero-order valence-corrected chi connectivity index (χ0v) is 4.63. The lowest BCUT2D eigenvalue weighted by Gasteiger charge is -1.82. The van der Waals surface area contributed by atoms with E-state index in [0.29, 0.717) is 5.69 Å². The summed E-state index contributed by atoms with van der Waals surface area (Å²) in [5.74, 6) is 0. The van der Waals surface area contributed by atoms with Gasteiger partial charge in [0.05, 0.1) is 5.69 Å². The Morgan fingerprint density at radius 2 is 2.62 bits per heavy atom. The van der Waals surface area contributed by atoms with Crippen molar-refractivity contribution in [1.82, 2.24) is 9.78 Å². The average molecular weight is 114 g/mol. The molecule has 0 N–H and O–H groups in total. The van der Waals surface area contributed by atoms with Crippen LogP contribution >= 0.6 is 0 Å². The molecule has 0 aliphatic rings. The largest absolute Gasteiger partial charge is 0.275 e. The first-order chi connectivity index (χ1) is 3.83. The lowest BCUT2D eigenvalue weighted by atomic mass is 10.5. The smallest absolute Gasteiger partial charge is 0.133 e. The lowest BCUT2D eigenvalue weighted by molar-refractivity contribution is 0.471. The minimum atomic E-state index is -0.471. The van der Waals surface area contributed by atoms with E-state index in [9.17, 15) is 4.39 Å². The summed E-state index contributed by atoms with van der Waals surface area (Å²) in [5, 5.41) is 3.77. The van der Waals surface area contributed by atoms with Gasteiger partial charge in [-0.3, -0.25) is 4.68 Å². The lowest BCUT2D eigenvalue weighted by Crippen LogP contribution is -1.88. The Hall–Kier alpha value is -0.860. The number of aryl methyl sites for hydroxylation is 1. The number of rotatable bonds is 1. The summed E-state index contributed by atoms with van der Waals surface area (Å²) in [6.45, 7) is -0.471. The van der Waals surface area contributed by atoms with Crippen LogP contribution in [0.25, 0.3) is 0 Å². The van der Waals surface area contributed by atoms with Gasteiger partial charge in [0.15, 0.2) is 0 Å². The van der Waals surface area contributed by atoms with Gasteiger partial charge in [-0.2, -0.15) is 5.10 Å². The molecule has 1 heterocycles. The first-order valence-electron chi connectivity index (χ1n) is 2.37. The molecule has 3 heteroatoms. The van der Waals surface area contributed by atoms with Crippen molar-refractivity contribution < 1.29 is 4.39 Å². The van der Waals surface area contributed by atoms with Crippen molar-refractivity contribution >= 4 is 0 Å². The van der Waals surface area contributed by atoms with Crippen molar-refractivity contribution in [2.45, 2.75) is 6.67 Å². The van der Waals surface area contributed by atoms with Crippen molar-refractivity contribution in [3.05, 3.63) is 18.0 Å². The van der Waals surface area contributed by atoms with Gasteiger partial charge in [-0.1, -0.05) is 0 Å². The van der Waals surface area contributed by atoms with Crippen molar-refractivity contribution in [1.29, 1.82) is 0 Å². The van der Waals surface area contributed by atoms with Crippen LogP contribution in [0.3, 0.4) is 0 Å². The third-order valence-corrected chi connectivity index (χ3v) is 0.906. The molecular weight excluding hydrogens is 107 g/mol. The summed E-state index contributed by atoms with van der Waals surface area (Å²) in [6, 6.07) is 1.65. The molecule has 0 fully saturated rings. The van der Waals surface area contributed by atoms with Crippen LogP contribution in [0.15, 0.2) is 12.3 Å². The Kier molecular flexibility index (Phi) is 1.28. The van der Waals surface area contributed by atoms with Gasteiger partial charge in [0.25, 0.3) is 0 Å². The number of alkyl halides is 1. The third kappa shape index (κ3) is 0.857. The molecule has 0 aliphatic heterocycles. The van der Waals surface area contributed by atoms with E-state index in [-0.39, 0.29) is 0 Å². The predicted molar refractivity (Wildman–Crippen MR) is 28.0 cm³/mol. The summed E-state index contributed by atoms with van der Waals surface area (Å²) in [4.78, 5) is 0. The summed E-state index contributed by atoms with van der Waals surface area (Å²) < 4.78 is 13.2.